The molecule has 2 amide bonds. The fourth-order valence-corrected chi connectivity index (χ4v) is 4.59. The lowest BCUT2D eigenvalue weighted by molar-refractivity contribution is 0.180. The SMILES string of the molecule is COc1ccc(C2c3cccn3-c3ccccc3CN2C(=O)NCc2ccc(F)cc2)cc1OC. The van der Waals surface area contributed by atoms with Gasteiger partial charge in [-0.2, -0.15) is 0 Å². The summed E-state index contributed by atoms with van der Waals surface area (Å²) in [6, 6.07) is 23.3. The smallest absolute Gasteiger partial charge is 0.318 e. The van der Waals surface area contributed by atoms with E-state index in [9.17, 15) is 9.18 Å². The van der Waals surface area contributed by atoms with E-state index in [0.717, 1.165) is 28.1 Å². The van der Waals surface area contributed by atoms with Crippen molar-refractivity contribution in [1.82, 2.24) is 14.8 Å². The van der Waals surface area contributed by atoms with Crippen LogP contribution in [0.5, 0.6) is 11.5 Å². The van der Waals surface area contributed by atoms with Gasteiger partial charge in [0.05, 0.1) is 32.5 Å². The Morgan fingerprint density at radius 2 is 1.74 bits per heavy atom. The van der Waals surface area contributed by atoms with Crippen LogP contribution in [0.4, 0.5) is 9.18 Å². The van der Waals surface area contributed by atoms with Gasteiger partial charge < -0.3 is 24.3 Å². The molecular formula is C28H26FN3O3. The maximum atomic E-state index is 13.7. The Bertz CT molecular complexity index is 1350. The highest BCUT2D eigenvalue weighted by Gasteiger charge is 2.33. The summed E-state index contributed by atoms with van der Waals surface area (Å²) >= 11 is 0. The zero-order valence-electron chi connectivity index (χ0n) is 19.6. The Morgan fingerprint density at radius 1 is 0.971 bits per heavy atom. The molecule has 178 valence electrons. The van der Waals surface area contributed by atoms with Crippen LogP contribution >= 0.6 is 0 Å². The monoisotopic (exact) mass is 471 g/mol. The topological polar surface area (TPSA) is 55.7 Å². The molecule has 0 radical (unpaired) electrons. The highest BCUT2D eigenvalue weighted by Crippen LogP contribution is 2.39. The standard InChI is InChI=1S/C28H26FN3O3/c1-34-25-14-11-20(16-26(25)35-2)27-24-8-5-15-31(24)23-7-4-3-6-21(23)18-32(27)28(33)30-17-19-9-12-22(29)13-10-19/h3-16,27H,17-18H2,1-2H3,(H,30,33). The van der Waals surface area contributed by atoms with E-state index in [1.54, 1.807) is 26.4 Å². The number of carbonyl (C=O) groups is 1. The molecule has 1 aliphatic heterocycles. The van der Waals surface area contributed by atoms with Crippen LogP contribution < -0.4 is 14.8 Å². The zero-order valence-corrected chi connectivity index (χ0v) is 19.6. The van der Waals surface area contributed by atoms with E-state index >= 15 is 0 Å². The molecule has 3 aromatic carbocycles. The fourth-order valence-electron chi connectivity index (χ4n) is 4.59. The molecule has 0 saturated carbocycles. The Labute approximate surface area is 203 Å². The van der Waals surface area contributed by atoms with Crippen molar-refractivity contribution in [3.05, 3.63) is 113 Å². The first-order valence-electron chi connectivity index (χ1n) is 11.4. The lowest BCUT2D eigenvalue weighted by Crippen LogP contribution is -2.41. The molecule has 35 heavy (non-hydrogen) atoms. The van der Waals surface area contributed by atoms with Gasteiger partial charge in [0.25, 0.3) is 0 Å². The number of fused-ring (bicyclic) bond motifs is 3. The number of urea groups is 1. The molecule has 1 aromatic heterocycles. The highest BCUT2D eigenvalue weighted by atomic mass is 19.1. The number of ether oxygens (including phenoxy) is 2. The quantitative estimate of drug-likeness (QED) is 0.421. The summed E-state index contributed by atoms with van der Waals surface area (Å²) in [6.07, 6.45) is 2.02. The first-order valence-corrected chi connectivity index (χ1v) is 11.4. The van der Waals surface area contributed by atoms with E-state index in [-0.39, 0.29) is 24.4 Å². The summed E-state index contributed by atoms with van der Waals surface area (Å²) < 4.78 is 26.4. The minimum absolute atomic E-state index is 0.224. The van der Waals surface area contributed by atoms with Crippen LogP contribution in [0.1, 0.15) is 28.4 Å². The number of benzene rings is 3. The maximum Gasteiger partial charge on any atom is 0.318 e. The van der Waals surface area contributed by atoms with Crippen LogP contribution in [0.2, 0.25) is 0 Å². The second kappa shape index (κ2) is 9.54. The Balaban J connectivity index is 1.57. The van der Waals surface area contributed by atoms with Crippen molar-refractivity contribution in [1.29, 1.82) is 0 Å². The third-order valence-electron chi connectivity index (χ3n) is 6.31. The molecule has 7 heteroatoms. The number of rotatable bonds is 5. The fraction of sp³-hybridized carbons (Fsp3) is 0.179. The minimum Gasteiger partial charge on any atom is -0.493 e. The molecule has 4 aromatic rings. The van der Waals surface area contributed by atoms with Crippen molar-refractivity contribution in [2.75, 3.05) is 14.2 Å². The summed E-state index contributed by atoms with van der Waals surface area (Å²) in [5.74, 6) is 0.908. The van der Waals surface area contributed by atoms with E-state index in [0.29, 0.717) is 18.0 Å². The molecule has 5 rings (SSSR count). The van der Waals surface area contributed by atoms with Gasteiger partial charge >= 0.3 is 6.03 Å². The predicted molar refractivity (Wildman–Crippen MR) is 131 cm³/mol. The summed E-state index contributed by atoms with van der Waals surface area (Å²) in [5, 5.41) is 3.02. The summed E-state index contributed by atoms with van der Waals surface area (Å²) in [5.41, 5.74) is 4.74. The van der Waals surface area contributed by atoms with Crippen LogP contribution in [-0.4, -0.2) is 29.7 Å². The van der Waals surface area contributed by atoms with Gasteiger partial charge in [-0.1, -0.05) is 36.4 Å². The van der Waals surface area contributed by atoms with Crippen LogP contribution in [0.15, 0.2) is 85.1 Å². The van der Waals surface area contributed by atoms with Gasteiger partial charge in [0.1, 0.15) is 5.82 Å². The summed E-state index contributed by atoms with van der Waals surface area (Å²) in [6.45, 7) is 0.697. The maximum absolute atomic E-state index is 13.7. The van der Waals surface area contributed by atoms with Crippen molar-refractivity contribution in [2.45, 2.75) is 19.1 Å². The average Bonchev–Trinajstić information content (AvgIpc) is 3.32. The molecule has 1 N–H and O–H groups in total. The number of amides is 2. The van der Waals surface area contributed by atoms with Crippen molar-refractivity contribution in [2.24, 2.45) is 0 Å². The first kappa shape index (κ1) is 22.5. The summed E-state index contributed by atoms with van der Waals surface area (Å²) in [4.78, 5) is 15.5. The van der Waals surface area contributed by atoms with Crippen molar-refractivity contribution in [3.63, 3.8) is 0 Å². The van der Waals surface area contributed by atoms with Gasteiger partial charge in [0.2, 0.25) is 0 Å². The lowest BCUT2D eigenvalue weighted by Gasteiger charge is -2.31. The predicted octanol–water partition coefficient (Wildman–Crippen LogP) is 5.45. The number of hydrogen-bond acceptors (Lipinski definition) is 3. The third kappa shape index (κ3) is 4.33. The first-order chi connectivity index (χ1) is 17.1. The van der Waals surface area contributed by atoms with Crippen LogP contribution in [0.3, 0.4) is 0 Å². The Kier molecular flexibility index (Phi) is 6.14. The molecule has 0 fully saturated rings. The van der Waals surface area contributed by atoms with Gasteiger partial charge in [-0.3, -0.25) is 0 Å². The number of methoxy groups -OCH3 is 2. The van der Waals surface area contributed by atoms with E-state index in [1.807, 2.05) is 59.6 Å². The van der Waals surface area contributed by atoms with Gasteiger partial charge in [-0.15, -0.1) is 0 Å². The molecule has 0 bridgehead atoms. The Morgan fingerprint density at radius 3 is 2.51 bits per heavy atom. The summed E-state index contributed by atoms with van der Waals surface area (Å²) in [7, 11) is 3.20. The molecule has 0 saturated heterocycles. The van der Waals surface area contributed by atoms with Crippen molar-refractivity contribution >= 4 is 6.03 Å². The van der Waals surface area contributed by atoms with Crippen molar-refractivity contribution in [3.8, 4) is 17.2 Å². The number of carbonyl (C=O) groups excluding carboxylic acids is 1. The molecule has 2 heterocycles. The average molecular weight is 472 g/mol. The number of aromatic nitrogens is 1. The van der Waals surface area contributed by atoms with Gasteiger partial charge in [0, 0.05) is 18.4 Å². The molecule has 1 unspecified atom stereocenters. The minimum atomic E-state index is -0.384. The second-order valence-electron chi connectivity index (χ2n) is 8.36. The molecular weight excluding hydrogens is 445 g/mol. The van der Waals surface area contributed by atoms with E-state index in [4.69, 9.17) is 9.47 Å². The van der Waals surface area contributed by atoms with E-state index < -0.39 is 0 Å². The number of nitrogens with zero attached hydrogens (tertiary/aromatic N) is 2. The second-order valence-corrected chi connectivity index (χ2v) is 8.36. The number of hydrogen-bond donors (Lipinski definition) is 1. The Hall–Kier alpha value is -4.26. The normalized spacial score (nSPS) is 14.5. The molecule has 0 spiro atoms. The molecule has 6 nitrogen and oxygen atoms in total. The van der Waals surface area contributed by atoms with Crippen LogP contribution in [0, 0.1) is 5.82 Å². The van der Waals surface area contributed by atoms with Gasteiger partial charge in [0.15, 0.2) is 11.5 Å². The van der Waals surface area contributed by atoms with E-state index in [1.165, 1.54) is 12.1 Å². The largest absolute Gasteiger partial charge is 0.493 e. The number of halogens is 1. The number of para-hydroxylation sites is 1. The number of nitrogens with one attached hydrogen (secondary N) is 1. The van der Waals surface area contributed by atoms with Gasteiger partial charge in [-0.25, -0.2) is 9.18 Å². The third-order valence-corrected chi connectivity index (χ3v) is 6.31. The molecule has 0 aliphatic carbocycles. The molecule has 1 atom stereocenters. The lowest BCUT2D eigenvalue weighted by atomic mass is 10.0. The van der Waals surface area contributed by atoms with Crippen molar-refractivity contribution < 1.29 is 18.7 Å². The van der Waals surface area contributed by atoms with Crippen LogP contribution in [0.25, 0.3) is 5.69 Å². The van der Waals surface area contributed by atoms with Crippen LogP contribution in [-0.2, 0) is 13.1 Å². The molecule has 1 aliphatic rings. The highest BCUT2D eigenvalue weighted by molar-refractivity contribution is 5.76. The van der Waals surface area contributed by atoms with Gasteiger partial charge in [-0.05, 0) is 59.2 Å². The zero-order chi connectivity index (χ0) is 24.4. The van der Waals surface area contributed by atoms with E-state index in [2.05, 4.69) is 16.0 Å².